The molecule has 1 aliphatic rings. The maximum Gasteiger partial charge on any atom is 0.308 e. The molecule has 0 unspecified atom stereocenters. The molecule has 0 saturated carbocycles. The first-order valence-electron chi connectivity index (χ1n) is 12.2. The molecule has 3 atom stereocenters. The molecule has 0 spiro atoms. The Labute approximate surface area is 215 Å². The van der Waals surface area contributed by atoms with E-state index in [0.29, 0.717) is 19.4 Å². The van der Waals surface area contributed by atoms with Gasteiger partial charge in [0, 0.05) is 23.0 Å². The van der Waals surface area contributed by atoms with Crippen LogP contribution in [-0.4, -0.2) is 52.8 Å². The minimum Gasteiger partial charge on any atom is -0.497 e. The summed E-state index contributed by atoms with van der Waals surface area (Å²) in [6, 6.07) is 11.5. The number of fused-ring (bicyclic) bond motifs is 1. The second-order valence-corrected chi connectivity index (χ2v) is 11.1. The van der Waals surface area contributed by atoms with E-state index in [9.17, 15) is 15.0 Å². The topological polar surface area (TPSA) is 82.9 Å². The van der Waals surface area contributed by atoms with Gasteiger partial charge in [0.25, 0.3) is 0 Å². The number of unbranched alkanes of at least 4 members (excludes halogenated alkanes) is 1. The lowest BCUT2D eigenvalue weighted by molar-refractivity contribution is -0.146. The number of aliphatic carboxylic acids is 1. The van der Waals surface area contributed by atoms with Crippen molar-refractivity contribution < 1.29 is 19.7 Å². The summed E-state index contributed by atoms with van der Waals surface area (Å²) in [5.41, 5.74) is 1.62. The molecule has 0 aliphatic carbocycles. The molecule has 6 nitrogen and oxygen atoms in total. The van der Waals surface area contributed by atoms with Gasteiger partial charge in [0.2, 0.25) is 0 Å². The van der Waals surface area contributed by atoms with E-state index in [1.165, 1.54) is 4.88 Å². The summed E-state index contributed by atoms with van der Waals surface area (Å²) in [6.07, 6.45) is 6.21. The number of hydrogen-bond acceptors (Lipinski definition) is 6. The fourth-order valence-corrected chi connectivity index (χ4v) is 6.24. The maximum atomic E-state index is 12.1. The number of rotatable bonds is 11. The number of hydrogen-bond donors (Lipinski definition) is 2. The van der Waals surface area contributed by atoms with Crippen molar-refractivity contribution in [3.05, 3.63) is 57.4 Å². The molecule has 8 heteroatoms. The standard InChI is InChI=1S/C27H33ClN2O4S/c1-34-19-6-8-24-22(16-19)21(11-13-29-24)25(31)9-5-18-12-15-30(17-23(18)27(32)33)14-3-2-4-20-7-10-26(28)35-20/h6-8,10-11,13,16,18,23,25,31H,2-5,9,12,14-15,17H2,1H3,(H,32,33)/t18-,23+,25-/m1/s1. The zero-order chi connectivity index (χ0) is 24.8. The third-order valence-electron chi connectivity index (χ3n) is 7.09. The summed E-state index contributed by atoms with van der Waals surface area (Å²) in [4.78, 5) is 20.0. The van der Waals surface area contributed by atoms with Gasteiger partial charge in [-0.05, 0) is 99.5 Å². The van der Waals surface area contributed by atoms with Crippen LogP contribution in [0.25, 0.3) is 10.9 Å². The molecule has 1 fully saturated rings. The minimum absolute atomic E-state index is 0.0642. The van der Waals surface area contributed by atoms with Crippen molar-refractivity contribution in [3.8, 4) is 5.75 Å². The molecule has 2 N–H and O–H groups in total. The van der Waals surface area contributed by atoms with E-state index in [2.05, 4.69) is 16.0 Å². The average Bonchev–Trinajstić information content (AvgIpc) is 3.29. The molecule has 35 heavy (non-hydrogen) atoms. The Morgan fingerprint density at radius 3 is 2.89 bits per heavy atom. The highest BCUT2D eigenvalue weighted by Crippen LogP contribution is 2.34. The third-order valence-corrected chi connectivity index (χ3v) is 8.38. The minimum atomic E-state index is -0.735. The van der Waals surface area contributed by atoms with Crippen molar-refractivity contribution in [1.82, 2.24) is 9.88 Å². The lowest BCUT2D eigenvalue weighted by atomic mass is 9.81. The molecule has 0 bridgehead atoms. The zero-order valence-electron chi connectivity index (χ0n) is 20.0. The second kappa shape index (κ2) is 12.2. The molecule has 0 radical (unpaired) electrons. The normalized spacial score (nSPS) is 19.6. The molecule has 0 amide bonds. The number of thiophene rings is 1. The van der Waals surface area contributed by atoms with Crippen LogP contribution >= 0.6 is 22.9 Å². The van der Waals surface area contributed by atoms with Gasteiger partial charge in [0.05, 0.1) is 29.0 Å². The first-order chi connectivity index (χ1) is 16.9. The molecule has 2 aromatic heterocycles. The number of aryl methyl sites for hydroxylation is 1. The Morgan fingerprint density at radius 1 is 1.29 bits per heavy atom. The van der Waals surface area contributed by atoms with Crippen LogP contribution in [0.1, 0.15) is 48.6 Å². The highest BCUT2D eigenvalue weighted by atomic mass is 35.5. The summed E-state index contributed by atoms with van der Waals surface area (Å²) in [7, 11) is 1.62. The van der Waals surface area contributed by atoms with E-state index in [0.717, 1.165) is 65.3 Å². The van der Waals surface area contributed by atoms with Crippen LogP contribution in [0.5, 0.6) is 5.75 Å². The Kier molecular flexibility index (Phi) is 9.00. The van der Waals surface area contributed by atoms with Crippen LogP contribution < -0.4 is 4.74 Å². The number of pyridine rings is 1. The Bertz CT molecular complexity index is 1140. The van der Waals surface area contributed by atoms with Crippen molar-refractivity contribution in [3.63, 3.8) is 0 Å². The van der Waals surface area contributed by atoms with E-state index in [4.69, 9.17) is 16.3 Å². The largest absolute Gasteiger partial charge is 0.497 e. The third kappa shape index (κ3) is 6.73. The average molecular weight is 517 g/mol. The molecular formula is C27H33ClN2O4S. The van der Waals surface area contributed by atoms with E-state index in [1.807, 2.05) is 30.3 Å². The number of carboxylic acid groups (broad SMARTS) is 1. The Hall–Kier alpha value is -2.19. The smallest absolute Gasteiger partial charge is 0.308 e. The highest BCUT2D eigenvalue weighted by Gasteiger charge is 2.34. The summed E-state index contributed by atoms with van der Waals surface area (Å²) in [5.74, 6) is -0.353. The molecule has 188 valence electrons. The number of piperidine rings is 1. The van der Waals surface area contributed by atoms with Crippen molar-refractivity contribution in [2.75, 3.05) is 26.7 Å². The van der Waals surface area contributed by atoms with E-state index in [1.54, 1.807) is 24.6 Å². The van der Waals surface area contributed by atoms with Crippen molar-refractivity contribution in [2.24, 2.45) is 11.8 Å². The molecule has 1 aromatic carbocycles. The van der Waals surface area contributed by atoms with Gasteiger partial charge < -0.3 is 19.8 Å². The van der Waals surface area contributed by atoms with Gasteiger partial charge in [-0.25, -0.2) is 0 Å². The number of carbonyl (C=O) groups is 1. The first kappa shape index (κ1) is 25.9. The van der Waals surface area contributed by atoms with E-state index in [-0.39, 0.29) is 5.92 Å². The lowest BCUT2D eigenvalue weighted by Gasteiger charge is -2.37. The molecule has 1 saturated heterocycles. The number of nitrogens with zero attached hydrogens (tertiary/aromatic N) is 2. The number of ether oxygens (including phenoxy) is 1. The number of methoxy groups -OCH3 is 1. The maximum absolute atomic E-state index is 12.1. The summed E-state index contributed by atoms with van der Waals surface area (Å²) >= 11 is 7.63. The number of carboxylic acids is 1. The fourth-order valence-electron chi connectivity index (χ4n) is 5.11. The lowest BCUT2D eigenvalue weighted by Crippen LogP contribution is -2.44. The van der Waals surface area contributed by atoms with Crippen LogP contribution in [0.3, 0.4) is 0 Å². The first-order valence-corrected chi connectivity index (χ1v) is 13.4. The molecular weight excluding hydrogens is 484 g/mol. The van der Waals surface area contributed by atoms with Gasteiger partial charge in [-0.15, -0.1) is 11.3 Å². The summed E-state index contributed by atoms with van der Waals surface area (Å²) in [5, 5.41) is 21.8. The zero-order valence-corrected chi connectivity index (χ0v) is 21.6. The Morgan fingerprint density at radius 2 is 2.14 bits per heavy atom. The van der Waals surface area contributed by atoms with E-state index >= 15 is 0 Å². The summed E-state index contributed by atoms with van der Waals surface area (Å²) in [6.45, 7) is 2.41. The number of likely N-dealkylation sites (tertiary alicyclic amines) is 1. The molecule has 1 aliphatic heterocycles. The van der Waals surface area contributed by atoms with Crippen LogP contribution in [-0.2, 0) is 11.2 Å². The van der Waals surface area contributed by atoms with Crippen LogP contribution in [0.15, 0.2) is 42.6 Å². The van der Waals surface area contributed by atoms with Crippen molar-refractivity contribution in [2.45, 2.75) is 44.6 Å². The second-order valence-electron chi connectivity index (χ2n) is 9.33. The summed E-state index contributed by atoms with van der Waals surface area (Å²) < 4.78 is 6.16. The monoisotopic (exact) mass is 516 g/mol. The number of aliphatic hydroxyl groups excluding tert-OH is 1. The number of halogens is 1. The van der Waals surface area contributed by atoms with Crippen molar-refractivity contribution >= 4 is 39.8 Å². The Balaban J connectivity index is 1.30. The van der Waals surface area contributed by atoms with Gasteiger partial charge in [0.15, 0.2) is 0 Å². The van der Waals surface area contributed by atoms with Gasteiger partial charge >= 0.3 is 5.97 Å². The molecule has 3 aromatic rings. The van der Waals surface area contributed by atoms with Crippen LogP contribution in [0.2, 0.25) is 4.34 Å². The highest BCUT2D eigenvalue weighted by molar-refractivity contribution is 7.16. The predicted molar refractivity (Wildman–Crippen MR) is 140 cm³/mol. The van der Waals surface area contributed by atoms with Crippen LogP contribution in [0, 0.1) is 11.8 Å². The quantitative estimate of drug-likeness (QED) is 0.312. The van der Waals surface area contributed by atoms with Crippen LogP contribution in [0.4, 0.5) is 0 Å². The van der Waals surface area contributed by atoms with Gasteiger partial charge in [-0.2, -0.15) is 0 Å². The number of aliphatic hydroxyl groups is 1. The van der Waals surface area contributed by atoms with E-state index < -0.39 is 18.0 Å². The molecule has 3 heterocycles. The van der Waals surface area contributed by atoms with Gasteiger partial charge in [-0.1, -0.05) is 11.6 Å². The molecule has 4 rings (SSSR count). The number of benzene rings is 1. The fraction of sp³-hybridized carbons (Fsp3) is 0.481. The predicted octanol–water partition coefficient (Wildman–Crippen LogP) is 5.82. The number of aromatic nitrogens is 1. The van der Waals surface area contributed by atoms with Gasteiger partial charge in [0.1, 0.15) is 5.75 Å². The van der Waals surface area contributed by atoms with Gasteiger partial charge in [-0.3, -0.25) is 9.78 Å². The van der Waals surface area contributed by atoms with Crippen molar-refractivity contribution in [1.29, 1.82) is 0 Å². The SMILES string of the molecule is COc1ccc2nccc([C@H](O)CC[C@@H]3CCN(CCCCc4ccc(Cl)s4)C[C@@H]3C(=O)O)c2c1.